The molecule has 0 unspecified atom stereocenters. The maximum absolute atomic E-state index is 13.6. The third-order valence-corrected chi connectivity index (χ3v) is 5.64. The fourth-order valence-corrected chi connectivity index (χ4v) is 4.09. The standard InChI is InChI=1S/C26H26O8/c27-9-15-5-17(11-29)23(18(6-15)12-30)25(33)21-3-1-2-4-22(21)26(34)24-19(13-31)7-16(10-28)8-20(24)14-32/h1-8,27-32H,9-14H2. The molecule has 0 saturated carbocycles. The second-order valence-corrected chi connectivity index (χ2v) is 7.73. The van der Waals surface area contributed by atoms with Crippen LogP contribution in [-0.4, -0.2) is 42.2 Å². The molecule has 0 aliphatic heterocycles. The largest absolute Gasteiger partial charge is 0.392 e. The van der Waals surface area contributed by atoms with Crippen molar-refractivity contribution in [2.75, 3.05) is 0 Å². The maximum Gasteiger partial charge on any atom is 0.194 e. The van der Waals surface area contributed by atoms with Gasteiger partial charge in [0.1, 0.15) is 0 Å². The van der Waals surface area contributed by atoms with Gasteiger partial charge in [-0.3, -0.25) is 9.59 Å². The van der Waals surface area contributed by atoms with Crippen LogP contribution in [0.25, 0.3) is 0 Å². The molecular formula is C26H26O8. The van der Waals surface area contributed by atoms with Crippen molar-refractivity contribution in [1.82, 2.24) is 0 Å². The molecule has 3 aromatic carbocycles. The number of ketones is 2. The van der Waals surface area contributed by atoms with E-state index in [4.69, 9.17) is 0 Å². The molecule has 0 spiro atoms. The highest BCUT2D eigenvalue weighted by Crippen LogP contribution is 2.28. The fraction of sp³-hybridized carbons (Fsp3) is 0.231. The lowest BCUT2D eigenvalue weighted by molar-refractivity contribution is 0.0997. The molecule has 0 amide bonds. The van der Waals surface area contributed by atoms with Gasteiger partial charge in [0.2, 0.25) is 0 Å². The Morgan fingerprint density at radius 3 is 1.03 bits per heavy atom. The summed E-state index contributed by atoms with van der Waals surface area (Å²) in [5, 5.41) is 58.3. The first kappa shape index (κ1) is 25.4. The molecular weight excluding hydrogens is 440 g/mol. The van der Waals surface area contributed by atoms with E-state index < -0.39 is 38.0 Å². The minimum atomic E-state index is -0.607. The molecule has 8 nitrogen and oxygen atoms in total. The van der Waals surface area contributed by atoms with E-state index in [-0.39, 0.29) is 57.7 Å². The van der Waals surface area contributed by atoms with Crippen LogP contribution in [0.2, 0.25) is 0 Å². The van der Waals surface area contributed by atoms with Crippen LogP contribution >= 0.6 is 0 Å². The summed E-state index contributed by atoms with van der Waals surface area (Å²) in [5.41, 5.74) is 1.69. The Labute approximate surface area is 196 Å². The molecule has 3 aromatic rings. The molecule has 0 aliphatic carbocycles. The van der Waals surface area contributed by atoms with Crippen LogP contribution in [0.5, 0.6) is 0 Å². The fourth-order valence-electron chi connectivity index (χ4n) is 4.09. The van der Waals surface area contributed by atoms with Crippen molar-refractivity contribution in [3.8, 4) is 0 Å². The number of carbonyl (C=O) groups excluding carboxylic acids is 2. The molecule has 0 aliphatic rings. The molecule has 0 heterocycles. The van der Waals surface area contributed by atoms with Gasteiger partial charge in [-0.25, -0.2) is 0 Å². The Kier molecular flexibility index (Phi) is 8.41. The first-order valence-electron chi connectivity index (χ1n) is 10.6. The second-order valence-electron chi connectivity index (χ2n) is 7.73. The summed E-state index contributed by atoms with van der Waals surface area (Å²) in [5.74, 6) is -1.21. The zero-order chi connectivity index (χ0) is 24.8. The van der Waals surface area contributed by atoms with E-state index in [2.05, 4.69) is 0 Å². The molecule has 0 fully saturated rings. The summed E-state index contributed by atoms with van der Waals surface area (Å²) >= 11 is 0. The molecule has 3 rings (SSSR count). The predicted molar refractivity (Wildman–Crippen MR) is 122 cm³/mol. The Balaban J connectivity index is 2.20. The van der Waals surface area contributed by atoms with Crippen LogP contribution in [0.1, 0.15) is 65.2 Å². The van der Waals surface area contributed by atoms with Gasteiger partial charge in [-0.1, -0.05) is 48.5 Å². The molecule has 0 aromatic heterocycles. The van der Waals surface area contributed by atoms with Crippen molar-refractivity contribution >= 4 is 11.6 Å². The van der Waals surface area contributed by atoms with E-state index >= 15 is 0 Å². The van der Waals surface area contributed by atoms with E-state index in [9.17, 15) is 40.2 Å². The summed E-state index contributed by atoms with van der Waals surface area (Å²) in [4.78, 5) is 27.2. The minimum Gasteiger partial charge on any atom is -0.392 e. The normalized spacial score (nSPS) is 11.0. The number of rotatable bonds is 10. The summed E-state index contributed by atoms with van der Waals surface area (Å²) in [6.07, 6.45) is 0. The molecule has 0 saturated heterocycles. The quantitative estimate of drug-likeness (QED) is 0.243. The van der Waals surface area contributed by atoms with Crippen molar-refractivity contribution in [3.63, 3.8) is 0 Å². The third kappa shape index (κ3) is 4.83. The molecule has 0 atom stereocenters. The lowest BCUT2D eigenvalue weighted by Gasteiger charge is -2.17. The summed E-state index contributed by atoms with van der Waals surface area (Å²) in [7, 11) is 0. The van der Waals surface area contributed by atoms with Crippen LogP contribution in [0.3, 0.4) is 0 Å². The van der Waals surface area contributed by atoms with Gasteiger partial charge < -0.3 is 30.6 Å². The van der Waals surface area contributed by atoms with Crippen molar-refractivity contribution in [2.45, 2.75) is 39.6 Å². The average molecular weight is 466 g/mol. The number of carbonyl (C=O) groups is 2. The molecule has 178 valence electrons. The number of hydrogen-bond acceptors (Lipinski definition) is 8. The van der Waals surface area contributed by atoms with Gasteiger partial charge in [0, 0.05) is 22.3 Å². The van der Waals surface area contributed by atoms with Crippen LogP contribution < -0.4 is 0 Å². The van der Waals surface area contributed by atoms with Gasteiger partial charge >= 0.3 is 0 Å². The number of benzene rings is 3. The lowest BCUT2D eigenvalue weighted by atomic mass is 9.86. The van der Waals surface area contributed by atoms with Gasteiger partial charge in [-0.15, -0.1) is 0 Å². The highest BCUT2D eigenvalue weighted by molar-refractivity contribution is 6.21. The lowest BCUT2D eigenvalue weighted by Crippen LogP contribution is -2.17. The van der Waals surface area contributed by atoms with Crippen molar-refractivity contribution in [3.05, 3.63) is 104 Å². The smallest absolute Gasteiger partial charge is 0.194 e. The zero-order valence-electron chi connectivity index (χ0n) is 18.4. The summed E-state index contributed by atoms with van der Waals surface area (Å²) in [6.45, 7) is -2.79. The summed E-state index contributed by atoms with van der Waals surface area (Å²) in [6, 6.07) is 11.8. The van der Waals surface area contributed by atoms with E-state index in [0.29, 0.717) is 11.1 Å². The number of aliphatic hydroxyl groups is 6. The molecule has 8 heteroatoms. The second kappa shape index (κ2) is 11.3. The molecule has 6 N–H and O–H groups in total. The monoisotopic (exact) mass is 466 g/mol. The van der Waals surface area contributed by atoms with Crippen molar-refractivity contribution in [2.24, 2.45) is 0 Å². The molecule has 0 radical (unpaired) electrons. The van der Waals surface area contributed by atoms with Gasteiger partial charge in [0.25, 0.3) is 0 Å². The minimum absolute atomic E-state index is 0.00710. The van der Waals surface area contributed by atoms with Gasteiger partial charge in [0.15, 0.2) is 11.6 Å². The summed E-state index contributed by atoms with van der Waals surface area (Å²) < 4.78 is 0. The van der Waals surface area contributed by atoms with Crippen LogP contribution in [0, 0.1) is 0 Å². The van der Waals surface area contributed by atoms with Gasteiger partial charge in [-0.2, -0.15) is 0 Å². The Morgan fingerprint density at radius 1 is 0.500 bits per heavy atom. The molecule has 34 heavy (non-hydrogen) atoms. The first-order chi connectivity index (χ1) is 16.4. The van der Waals surface area contributed by atoms with Crippen molar-refractivity contribution < 1.29 is 40.2 Å². The Bertz CT molecular complexity index is 1070. The van der Waals surface area contributed by atoms with E-state index in [1.54, 1.807) is 12.1 Å². The molecule has 0 bridgehead atoms. The first-order valence-corrected chi connectivity index (χ1v) is 10.6. The maximum atomic E-state index is 13.6. The zero-order valence-corrected chi connectivity index (χ0v) is 18.4. The van der Waals surface area contributed by atoms with Crippen molar-refractivity contribution in [1.29, 1.82) is 0 Å². The highest BCUT2D eigenvalue weighted by Gasteiger charge is 2.26. The van der Waals surface area contributed by atoms with E-state index in [1.807, 2.05) is 0 Å². The van der Waals surface area contributed by atoms with Gasteiger partial charge in [-0.05, 0) is 33.4 Å². The Morgan fingerprint density at radius 2 is 0.794 bits per heavy atom. The Hall–Kier alpha value is -3.24. The van der Waals surface area contributed by atoms with E-state index in [0.717, 1.165) is 0 Å². The number of aliphatic hydroxyl groups excluding tert-OH is 6. The third-order valence-electron chi connectivity index (χ3n) is 5.64. The van der Waals surface area contributed by atoms with Gasteiger partial charge in [0.05, 0.1) is 39.6 Å². The van der Waals surface area contributed by atoms with Crippen LogP contribution in [-0.2, 0) is 39.6 Å². The highest BCUT2D eigenvalue weighted by atomic mass is 16.3. The van der Waals surface area contributed by atoms with Crippen LogP contribution in [0.4, 0.5) is 0 Å². The topological polar surface area (TPSA) is 156 Å². The number of hydrogen-bond donors (Lipinski definition) is 6. The SMILES string of the molecule is O=C(c1ccccc1C(=O)c1c(CO)cc(CO)cc1CO)c1c(CO)cc(CO)cc1CO. The average Bonchev–Trinajstić information content (AvgIpc) is 2.90. The predicted octanol–water partition coefficient (Wildman–Crippen LogP) is 1.10. The van der Waals surface area contributed by atoms with Crippen LogP contribution in [0.15, 0.2) is 48.5 Å². The van der Waals surface area contributed by atoms with E-state index in [1.165, 1.54) is 36.4 Å².